The molecule has 1 aliphatic carbocycles. The lowest BCUT2D eigenvalue weighted by Crippen LogP contribution is -2.52. The SMILES string of the molecule is O=C(CCN1CCOCC1)N1CCN(C(=O)C(c2ccccc2)C2CC2)CC1. The van der Waals surface area contributed by atoms with E-state index in [1.165, 1.54) is 0 Å². The molecule has 2 heterocycles. The fourth-order valence-electron chi connectivity index (χ4n) is 4.32. The van der Waals surface area contributed by atoms with Gasteiger partial charge in [-0.3, -0.25) is 14.5 Å². The van der Waals surface area contributed by atoms with Crippen LogP contribution in [-0.4, -0.2) is 85.5 Å². The molecular formula is C22H31N3O3. The Balaban J connectivity index is 1.27. The summed E-state index contributed by atoms with van der Waals surface area (Å²) in [5, 5.41) is 0. The molecule has 0 bridgehead atoms. The van der Waals surface area contributed by atoms with E-state index in [0.29, 0.717) is 38.5 Å². The van der Waals surface area contributed by atoms with Crippen molar-refractivity contribution in [1.82, 2.24) is 14.7 Å². The number of rotatable bonds is 6. The van der Waals surface area contributed by atoms with Gasteiger partial charge in [0.2, 0.25) is 11.8 Å². The summed E-state index contributed by atoms with van der Waals surface area (Å²) in [5.41, 5.74) is 1.14. The van der Waals surface area contributed by atoms with E-state index >= 15 is 0 Å². The molecule has 1 atom stereocenters. The van der Waals surface area contributed by atoms with E-state index in [-0.39, 0.29) is 17.7 Å². The average Bonchev–Trinajstić information content (AvgIpc) is 3.59. The number of piperazine rings is 1. The quantitative estimate of drug-likeness (QED) is 0.746. The minimum absolute atomic E-state index is 0.00947. The van der Waals surface area contributed by atoms with Gasteiger partial charge in [0.25, 0.3) is 0 Å². The largest absolute Gasteiger partial charge is 0.379 e. The fraction of sp³-hybridized carbons (Fsp3) is 0.636. The summed E-state index contributed by atoms with van der Waals surface area (Å²) in [6.07, 6.45) is 2.85. The molecule has 1 unspecified atom stereocenters. The summed E-state index contributed by atoms with van der Waals surface area (Å²) < 4.78 is 5.35. The van der Waals surface area contributed by atoms with Gasteiger partial charge in [0, 0.05) is 52.2 Å². The van der Waals surface area contributed by atoms with Crippen molar-refractivity contribution < 1.29 is 14.3 Å². The molecule has 4 rings (SSSR count). The highest BCUT2D eigenvalue weighted by atomic mass is 16.5. The van der Waals surface area contributed by atoms with Crippen LogP contribution in [0.3, 0.4) is 0 Å². The van der Waals surface area contributed by atoms with Crippen LogP contribution in [0.5, 0.6) is 0 Å². The van der Waals surface area contributed by atoms with Crippen molar-refractivity contribution in [2.75, 3.05) is 59.0 Å². The highest BCUT2D eigenvalue weighted by Crippen LogP contribution is 2.43. The third-order valence-corrected chi connectivity index (χ3v) is 6.21. The Kier molecular flexibility index (Phi) is 6.27. The molecule has 2 saturated heterocycles. The maximum Gasteiger partial charge on any atom is 0.230 e. The first-order chi connectivity index (χ1) is 13.7. The molecule has 1 aromatic carbocycles. The number of hydrogen-bond acceptors (Lipinski definition) is 4. The van der Waals surface area contributed by atoms with Crippen molar-refractivity contribution in [2.24, 2.45) is 5.92 Å². The minimum Gasteiger partial charge on any atom is -0.379 e. The lowest BCUT2D eigenvalue weighted by Gasteiger charge is -2.37. The lowest BCUT2D eigenvalue weighted by atomic mass is 9.92. The van der Waals surface area contributed by atoms with E-state index < -0.39 is 0 Å². The number of benzene rings is 1. The summed E-state index contributed by atoms with van der Waals surface area (Å²) in [5.74, 6) is 0.933. The highest BCUT2D eigenvalue weighted by molar-refractivity contribution is 5.85. The number of morpholine rings is 1. The van der Waals surface area contributed by atoms with E-state index in [1.54, 1.807) is 0 Å². The Morgan fingerprint density at radius 2 is 1.57 bits per heavy atom. The molecule has 1 aromatic rings. The van der Waals surface area contributed by atoms with Crippen LogP contribution in [0.4, 0.5) is 0 Å². The Labute approximate surface area is 167 Å². The standard InChI is InChI=1S/C22H31N3O3/c26-20(8-9-23-14-16-28-17-15-23)24-10-12-25(13-11-24)22(27)21(19-6-7-19)18-4-2-1-3-5-18/h1-5,19,21H,6-17H2. The summed E-state index contributed by atoms with van der Waals surface area (Å²) in [7, 11) is 0. The van der Waals surface area contributed by atoms with Gasteiger partial charge in [-0.15, -0.1) is 0 Å². The first kappa shape index (κ1) is 19.4. The maximum absolute atomic E-state index is 13.2. The van der Waals surface area contributed by atoms with Crippen molar-refractivity contribution in [3.63, 3.8) is 0 Å². The second kappa shape index (κ2) is 9.05. The zero-order chi connectivity index (χ0) is 19.3. The molecule has 2 aliphatic heterocycles. The summed E-state index contributed by atoms with van der Waals surface area (Å²) >= 11 is 0. The van der Waals surface area contributed by atoms with Gasteiger partial charge in [-0.1, -0.05) is 30.3 Å². The number of nitrogens with zero attached hydrogens (tertiary/aromatic N) is 3. The van der Waals surface area contributed by atoms with Crippen LogP contribution in [0.1, 0.15) is 30.7 Å². The number of ether oxygens (including phenoxy) is 1. The third-order valence-electron chi connectivity index (χ3n) is 6.21. The second-order valence-electron chi connectivity index (χ2n) is 8.14. The fourth-order valence-corrected chi connectivity index (χ4v) is 4.32. The molecular weight excluding hydrogens is 354 g/mol. The predicted molar refractivity (Wildman–Crippen MR) is 107 cm³/mol. The maximum atomic E-state index is 13.2. The predicted octanol–water partition coefficient (Wildman–Crippen LogP) is 1.57. The van der Waals surface area contributed by atoms with Gasteiger partial charge in [-0.2, -0.15) is 0 Å². The molecule has 0 N–H and O–H groups in total. The van der Waals surface area contributed by atoms with Crippen LogP contribution in [0.2, 0.25) is 0 Å². The van der Waals surface area contributed by atoms with Crippen LogP contribution < -0.4 is 0 Å². The monoisotopic (exact) mass is 385 g/mol. The van der Waals surface area contributed by atoms with Crippen molar-refractivity contribution in [3.05, 3.63) is 35.9 Å². The molecule has 3 fully saturated rings. The van der Waals surface area contributed by atoms with Crippen molar-refractivity contribution in [2.45, 2.75) is 25.2 Å². The minimum atomic E-state index is -0.00947. The molecule has 0 aromatic heterocycles. The van der Waals surface area contributed by atoms with Gasteiger partial charge in [-0.05, 0) is 24.3 Å². The molecule has 28 heavy (non-hydrogen) atoms. The first-order valence-electron chi connectivity index (χ1n) is 10.6. The highest BCUT2D eigenvalue weighted by Gasteiger charge is 2.40. The molecule has 6 nitrogen and oxygen atoms in total. The van der Waals surface area contributed by atoms with Crippen molar-refractivity contribution in [1.29, 1.82) is 0 Å². The zero-order valence-corrected chi connectivity index (χ0v) is 16.6. The number of hydrogen-bond donors (Lipinski definition) is 0. The van der Waals surface area contributed by atoms with Crippen LogP contribution in [-0.2, 0) is 14.3 Å². The molecule has 3 aliphatic rings. The molecule has 0 radical (unpaired) electrons. The van der Waals surface area contributed by atoms with Crippen LogP contribution in [0.15, 0.2) is 30.3 Å². The normalized spacial score (nSPS) is 22.1. The summed E-state index contributed by atoms with van der Waals surface area (Å²) in [4.78, 5) is 31.9. The molecule has 1 saturated carbocycles. The van der Waals surface area contributed by atoms with Crippen LogP contribution in [0, 0.1) is 5.92 Å². The van der Waals surface area contributed by atoms with E-state index in [4.69, 9.17) is 4.74 Å². The van der Waals surface area contributed by atoms with Crippen LogP contribution >= 0.6 is 0 Å². The van der Waals surface area contributed by atoms with Gasteiger partial charge < -0.3 is 14.5 Å². The summed E-state index contributed by atoms with van der Waals surface area (Å²) in [6.45, 7) is 6.77. The number of carbonyl (C=O) groups is 2. The van der Waals surface area contributed by atoms with Crippen molar-refractivity contribution >= 4 is 11.8 Å². The Morgan fingerprint density at radius 3 is 2.21 bits per heavy atom. The van der Waals surface area contributed by atoms with Gasteiger partial charge in [0.15, 0.2) is 0 Å². The lowest BCUT2D eigenvalue weighted by molar-refractivity contribution is -0.141. The van der Waals surface area contributed by atoms with E-state index in [2.05, 4.69) is 17.0 Å². The molecule has 152 valence electrons. The molecule has 2 amide bonds. The molecule has 0 spiro atoms. The third kappa shape index (κ3) is 4.73. The smallest absolute Gasteiger partial charge is 0.230 e. The average molecular weight is 386 g/mol. The van der Waals surface area contributed by atoms with E-state index in [1.807, 2.05) is 28.0 Å². The Hall–Kier alpha value is -1.92. The summed E-state index contributed by atoms with van der Waals surface area (Å²) in [6, 6.07) is 10.2. The van der Waals surface area contributed by atoms with Crippen molar-refractivity contribution in [3.8, 4) is 0 Å². The van der Waals surface area contributed by atoms with Crippen LogP contribution in [0.25, 0.3) is 0 Å². The number of carbonyl (C=O) groups excluding carboxylic acids is 2. The Bertz CT molecular complexity index is 663. The van der Waals surface area contributed by atoms with Gasteiger partial charge in [0.1, 0.15) is 0 Å². The van der Waals surface area contributed by atoms with Gasteiger partial charge >= 0.3 is 0 Å². The topological polar surface area (TPSA) is 53.1 Å². The zero-order valence-electron chi connectivity index (χ0n) is 16.6. The van der Waals surface area contributed by atoms with E-state index in [9.17, 15) is 9.59 Å². The number of amides is 2. The molecule has 6 heteroatoms. The first-order valence-corrected chi connectivity index (χ1v) is 10.6. The van der Waals surface area contributed by atoms with Gasteiger partial charge in [0.05, 0.1) is 19.1 Å². The van der Waals surface area contributed by atoms with Gasteiger partial charge in [-0.25, -0.2) is 0 Å². The Morgan fingerprint density at radius 1 is 0.929 bits per heavy atom. The van der Waals surface area contributed by atoms with E-state index in [0.717, 1.165) is 51.3 Å². The second-order valence-corrected chi connectivity index (χ2v) is 8.14.